The van der Waals surface area contributed by atoms with E-state index in [1.165, 1.54) is 0 Å². The maximum absolute atomic E-state index is 12.0. The van der Waals surface area contributed by atoms with E-state index in [1.54, 1.807) is 17.2 Å². The second-order valence-corrected chi connectivity index (χ2v) is 4.18. The van der Waals surface area contributed by atoms with E-state index >= 15 is 0 Å². The SMILES string of the molecule is CCC(N)CC(=O)N(CCC#N)Cc1ccco1. The highest BCUT2D eigenvalue weighted by molar-refractivity contribution is 5.76. The summed E-state index contributed by atoms with van der Waals surface area (Å²) in [7, 11) is 0. The first-order valence-corrected chi connectivity index (χ1v) is 6.10. The second-order valence-electron chi connectivity index (χ2n) is 4.18. The number of carbonyl (C=O) groups excluding carboxylic acids is 1. The lowest BCUT2D eigenvalue weighted by molar-refractivity contribution is -0.132. The van der Waals surface area contributed by atoms with Gasteiger partial charge in [-0.2, -0.15) is 5.26 Å². The third-order valence-corrected chi connectivity index (χ3v) is 2.73. The normalized spacial score (nSPS) is 11.8. The molecule has 1 atom stereocenters. The summed E-state index contributed by atoms with van der Waals surface area (Å²) in [6, 6.07) is 5.51. The van der Waals surface area contributed by atoms with Crippen molar-refractivity contribution in [2.45, 2.75) is 38.8 Å². The number of nitrogens with zero attached hydrogens (tertiary/aromatic N) is 2. The molecule has 0 spiro atoms. The van der Waals surface area contributed by atoms with Crippen LogP contribution in [0.15, 0.2) is 22.8 Å². The maximum Gasteiger partial charge on any atom is 0.224 e. The Morgan fingerprint density at radius 1 is 1.67 bits per heavy atom. The zero-order valence-electron chi connectivity index (χ0n) is 10.6. The van der Waals surface area contributed by atoms with Crippen molar-refractivity contribution in [3.8, 4) is 6.07 Å². The van der Waals surface area contributed by atoms with Gasteiger partial charge >= 0.3 is 0 Å². The smallest absolute Gasteiger partial charge is 0.224 e. The quantitative estimate of drug-likeness (QED) is 0.796. The van der Waals surface area contributed by atoms with Crippen LogP contribution in [0.4, 0.5) is 0 Å². The van der Waals surface area contributed by atoms with Crippen LogP contribution in [0.1, 0.15) is 31.9 Å². The van der Waals surface area contributed by atoms with Crippen molar-refractivity contribution in [3.05, 3.63) is 24.2 Å². The van der Waals surface area contributed by atoms with Gasteiger partial charge in [0, 0.05) is 19.0 Å². The van der Waals surface area contributed by atoms with Crippen molar-refractivity contribution in [3.63, 3.8) is 0 Å². The Labute approximate surface area is 107 Å². The topological polar surface area (TPSA) is 83.3 Å². The van der Waals surface area contributed by atoms with Crippen molar-refractivity contribution < 1.29 is 9.21 Å². The molecule has 18 heavy (non-hydrogen) atoms. The van der Waals surface area contributed by atoms with Crippen LogP contribution in [0.2, 0.25) is 0 Å². The van der Waals surface area contributed by atoms with Gasteiger partial charge in [-0.05, 0) is 18.6 Å². The van der Waals surface area contributed by atoms with Crippen LogP contribution in [0.3, 0.4) is 0 Å². The molecule has 0 aromatic carbocycles. The Balaban J connectivity index is 2.59. The number of furan rings is 1. The summed E-state index contributed by atoms with van der Waals surface area (Å²) in [4.78, 5) is 13.7. The lowest BCUT2D eigenvalue weighted by atomic mass is 10.1. The number of amides is 1. The highest BCUT2D eigenvalue weighted by Crippen LogP contribution is 2.09. The molecule has 5 heteroatoms. The average molecular weight is 249 g/mol. The van der Waals surface area contributed by atoms with E-state index in [4.69, 9.17) is 15.4 Å². The highest BCUT2D eigenvalue weighted by atomic mass is 16.3. The van der Waals surface area contributed by atoms with Crippen molar-refractivity contribution in [2.24, 2.45) is 5.73 Å². The largest absolute Gasteiger partial charge is 0.467 e. The summed E-state index contributed by atoms with van der Waals surface area (Å²) >= 11 is 0. The molecule has 5 nitrogen and oxygen atoms in total. The third-order valence-electron chi connectivity index (χ3n) is 2.73. The highest BCUT2D eigenvalue weighted by Gasteiger charge is 2.17. The predicted octanol–water partition coefficient (Wildman–Crippen LogP) is 1.65. The van der Waals surface area contributed by atoms with Gasteiger partial charge in [-0.3, -0.25) is 4.79 Å². The van der Waals surface area contributed by atoms with Gasteiger partial charge in [0.15, 0.2) is 0 Å². The number of hydrogen-bond donors (Lipinski definition) is 1. The molecule has 0 aliphatic rings. The van der Waals surface area contributed by atoms with Gasteiger partial charge in [-0.15, -0.1) is 0 Å². The Morgan fingerprint density at radius 3 is 3.00 bits per heavy atom. The second kappa shape index (κ2) is 7.51. The molecule has 1 heterocycles. The van der Waals surface area contributed by atoms with E-state index in [0.29, 0.717) is 31.7 Å². The fraction of sp³-hybridized carbons (Fsp3) is 0.538. The third kappa shape index (κ3) is 4.60. The minimum atomic E-state index is -0.126. The van der Waals surface area contributed by atoms with Crippen molar-refractivity contribution >= 4 is 5.91 Å². The number of hydrogen-bond acceptors (Lipinski definition) is 4. The van der Waals surface area contributed by atoms with Crippen LogP contribution in [0.5, 0.6) is 0 Å². The van der Waals surface area contributed by atoms with E-state index in [9.17, 15) is 4.79 Å². The summed E-state index contributed by atoms with van der Waals surface area (Å²) in [5.41, 5.74) is 5.78. The van der Waals surface area contributed by atoms with Gasteiger partial charge in [0.1, 0.15) is 5.76 Å². The van der Waals surface area contributed by atoms with Gasteiger partial charge in [0.25, 0.3) is 0 Å². The van der Waals surface area contributed by atoms with Gasteiger partial charge < -0.3 is 15.1 Å². The van der Waals surface area contributed by atoms with Crippen LogP contribution in [-0.2, 0) is 11.3 Å². The van der Waals surface area contributed by atoms with Gasteiger partial charge in [0.2, 0.25) is 5.91 Å². The molecule has 0 saturated carbocycles. The zero-order valence-corrected chi connectivity index (χ0v) is 10.6. The molecular weight excluding hydrogens is 230 g/mol. The number of carbonyl (C=O) groups is 1. The lowest BCUT2D eigenvalue weighted by Gasteiger charge is -2.22. The molecule has 1 unspecified atom stereocenters. The van der Waals surface area contributed by atoms with E-state index < -0.39 is 0 Å². The fourth-order valence-electron chi connectivity index (χ4n) is 1.57. The minimum Gasteiger partial charge on any atom is -0.467 e. The van der Waals surface area contributed by atoms with E-state index in [-0.39, 0.29) is 11.9 Å². The Bertz CT molecular complexity index is 395. The maximum atomic E-state index is 12.0. The summed E-state index contributed by atoms with van der Waals surface area (Å²) in [5.74, 6) is 0.683. The van der Waals surface area contributed by atoms with E-state index in [0.717, 1.165) is 6.42 Å². The van der Waals surface area contributed by atoms with E-state index in [1.807, 2.05) is 19.1 Å². The van der Waals surface area contributed by atoms with Gasteiger partial charge in [0.05, 0.1) is 25.3 Å². The van der Waals surface area contributed by atoms with Crippen molar-refractivity contribution in [1.82, 2.24) is 4.90 Å². The first-order valence-electron chi connectivity index (χ1n) is 6.10. The monoisotopic (exact) mass is 249 g/mol. The van der Waals surface area contributed by atoms with Crippen LogP contribution < -0.4 is 5.73 Å². The van der Waals surface area contributed by atoms with Crippen LogP contribution >= 0.6 is 0 Å². The zero-order chi connectivity index (χ0) is 13.4. The average Bonchev–Trinajstić information content (AvgIpc) is 2.86. The summed E-state index contributed by atoms with van der Waals surface area (Å²) in [6.07, 6.45) is 2.95. The Morgan fingerprint density at radius 2 is 2.44 bits per heavy atom. The molecule has 0 fully saturated rings. The first-order chi connectivity index (χ1) is 8.67. The van der Waals surface area contributed by atoms with Crippen LogP contribution in [0, 0.1) is 11.3 Å². The molecule has 2 N–H and O–H groups in total. The molecule has 0 radical (unpaired) electrons. The molecule has 1 aromatic heterocycles. The molecule has 1 rings (SSSR count). The molecule has 1 amide bonds. The molecule has 1 aromatic rings. The summed E-state index contributed by atoms with van der Waals surface area (Å²) < 4.78 is 5.22. The molecule has 0 saturated heterocycles. The van der Waals surface area contributed by atoms with Crippen LogP contribution in [0.25, 0.3) is 0 Å². The Kier molecular flexibility index (Phi) is 5.95. The number of nitriles is 1. The first kappa shape index (κ1) is 14.3. The fourth-order valence-corrected chi connectivity index (χ4v) is 1.57. The molecule has 0 bridgehead atoms. The summed E-state index contributed by atoms with van der Waals surface area (Å²) in [5, 5.41) is 8.61. The Hall–Kier alpha value is -1.80. The van der Waals surface area contributed by atoms with Crippen molar-refractivity contribution in [1.29, 1.82) is 5.26 Å². The van der Waals surface area contributed by atoms with E-state index in [2.05, 4.69) is 0 Å². The predicted molar refractivity (Wildman–Crippen MR) is 67.2 cm³/mol. The standard InChI is InChI=1S/C13H19N3O2/c1-2-11(15)9-13(17)16(7-4-6-14)10-12-5-3-8-18-12/h3,5,8,11H,2,4,7,9-10,15H2,1H3. The molecule has 0 aliphatic carbocycles. The molecular formula is C13H19N3O2. The van der Waals surface area contributed by atoms with Crippen molar-refractivity contribution in [2.75, 3.05) is 6.54 Å². The number of rotatable bonds is 7. The lowest BCUT2D eigenvalue weighted by Crippen LogP contribution is -2.35. The van der Waals surface area contributed by atoms with Gasteiger partial charge in [-0.25, -0.2) is 0 Å². The van der Waals surface area contributed by atoms with Gasteiger partial charge in [-0.1, -0.05) is 6.92 Å². The molecule has 0 aliphatic heterocycles. The summed E-state index contributed by atoms with van der Waals surface area (Å²) in [6.45, 7) is 2.75. The number of nitrogens with two attached hydrogens (primary N) is 1. The molecule has 98 valence electrons. The minimum absolute atomic E-state index is 0.0315. The van der Waals surface area contributed by atoms with Crippen LogP contribution in [-0.4, -0.2) is 23.4 Å².